The first-order chi connectivity index (χ1) is 22.0. The molecule has 3 rings (SSSR count). The molecular weight excluding hydrogens is 568 g/mol. The summed E-state index contributed by atoms with van der Waals surface area (Å²) >= 11 is 0. The third-order valence-corrected chi connectivity index (χ3v) is 7.20. The third-order valence-electron chi connectivity index (χ3n) is 7.20. The Labute approximate surface area is 267 Å². The molecule has 0 amide bonds. The molecule has 0 radical (unpaired) electrons. The molecule has 0 unspecified atom stereocenters. The van der Waals surface area contributed by atoms with E-state index < -0.39 is 5.97 Å². The van der Waals surface area contributed by atoms with Crippen LogP contribution < -0.4 is 14.2 Å². The second-order valence-corrected chi connectivity index (χ2v) is 11.0. The van der Waals surface area contributed by atoms with Gasteiger partial charge in [0.1, 0.15) is 17.2 Å². The fourth-order valence-corrected chi connectivity index (χ4v) is 4.20. The van der Waals surface area contributed by atoms with E-state index in [1.807, 2.05) is 24.3 Å². The number of hydrogen-bond donors (Lipinski definition) is 0. The summed E-state index contributed by atoms with van der Waals surface area (Å²) in [6.07, 6.45) is 11.2. The van der Waals surface area contributed by atoms with Gasteiger partial charge in [-0.25, -0.2) is 9.59 Å². The maximum absolute atomic E-state index is 12.5. The number of carbonyl (C=O) groups is 2. The average molecular weight is 615 g/mol. The van der Waals surface area contributed by atoms with Crippen LogP contribution in [-0.2, 0) is 9.53 Å². The molecule has 0 aliphatic heterocycles. The smallest absolute Gasteiger partial charge is 0.343 e. The number of benzene rings is 3. The molecule has 0 N–H and O–H groups in total. The van der Waals surface area contributed by atoms with Crippen LogP contribution in [-0.4, -0.2) is 31.8 Å². The van der Waals surface area contributed by atoms with Gasteiger partial charge < -0.3 is 18.9 Å². The predicted molar refractivity (Wildman–Crippen MR) is 177 cm³/mol. The van der Waals surface area contributed by atoms with Crippen LogP contribution in [0.4, 0.5) is 11.4 Å². The summed E-state index contributed by atoms with van der Waals surface area (Å²) in [5, 5.41) is 8.57. The third kappa shape index (κ3) is 14.2. The van der Waals surface area contributed by atoms with Gasteiger partial charge in [-0.05, 0) is 91.6 Å². The van der Waals surface area contributed by atoms with Gasteiger partial charge in [-0.2, -0.15) is 10.2 Å². The molecule has 8 nitrogen and oxygen atoms in total. The number of rotatable bonds is 21. The van der Waals surface area contributed by atoms with Crippen molar-refractivity contribution in [2.75, 3.05) is 19.8 Å². The molecule has 8 heteroatoms. The van der Waals surface area contributed by atoms with Gasteiger partial charge in [-0.3, -0.25) is 0 Å². The second kappa shape index (κ2) is 20.5. The lowest BCUT2D eigenvalue weighted by atomic mass is 10.1. The van der Waals surface area contributed by atoms with Crippen LogP contribution in [0.1, 0.15) is 82.0 Å². The van der Waals surface area contributed by atoms with E-state index in [1.165, 1.54) is 25.3 Å². The lowest BCUT2D eigenvalue weighted by Crippen LogP contribution is -2.09. The molecule has 3 aromatic rings. The zero-order valence-electron chi connectivity index (χ0n) is 26.6. The Morgan fingerprint density at radius 3 is 1.73 bits per heavy atom. The van der Waals surface area contributed by atoms with Crippen molar-refractivity contribution in [3.05, 3.63) is 91.0 Å². The zero-order chi connectivity index (χ0) is 32.1. The van der Waals surface area contributed by atoms with Crippen LogP contribution in [0.3, 0.4) is 0 Å². The van der Waals surface area contributed by atoms with Gasteiger partial charge in [-0.15, -0.1) is 0 Å². The number of esters is 2. The van der Waals surface area contributed by atoms with Gasteiger partial charge in [0.25, 0.3) is 0 Å². The zero-order valence-corrected chi connectivity index (χ0v) is 26.6. The quantitative estimate of drug-likeness (QED) is 0.0389. The largest absolute Gasteiger partial charge is 0.494 e. The van der Waals surface area contributed by atoms with Crippen LogP contribution in [0.25, 0.3) is 0 Å². The number of nitrogens with zero attached hydrogens (tertiary/aromatic N) is 2. The van der Waals surface area contributed by atoms with Crippen molar-refractivity contribution in [1.82, 2.24) is 0 Å². The first-order valence-electron chi connectivity index (χ1n) is 16.0. The van der Waals surface area contributed by atoms with E-state index in [2.05, 4.69) is 30.7 Å². The predicted octanol–water partition coefficient (Wildman–Crippen LogP) is 9.97. The summed E-state index contributed by atoms with van der Waals surface area (Å²) in [4.78, 5) is 23.5. The van der Waals surface area contributed by atoms with E-state index in [-0.39, 0.29) is 5.97 Å². The SMILES string of the molecule is C=CC(=O)OCCCCCCCCCCOc1ccc(N=Nc2ccc(OC(=O)c3ccc(OC[C@@H](C)CC)cc3)cc2)cc1. The summed E-state index contributed by atoms with van der Waals surface area (Å²) < 4.78 is 22.1. The number of ether oxygens (including phenoxy) is 4. The molecule has 0 bridgehead atoms. The van der Waals surface area contributed by atoms with Crippen molar-refractivity contribution < 1.29 is 28.5 Å². The fraction of sp³-hybridized carbons (Fsp3) is 0.405. The summed E-state index contributed by atoms with van der Waals surface area (Å²) in [5.74, 6) is 1.67. The maximum Gasteiger partial charge on any atom is 0.343 e. The molecule has 3 aromatic carbocycles. The standard InChI is InChI=1S/C37H46N2O6/c1-4-29(3)28-44-34-20-14-30(15-21-34)37(41)45-35-24-18-32(19-25-35)39-38-31-16-22-33(23-17-31)42-26-12-10-8-6-7-9-11-13-27-43-36(40)5-2/h5,14-25,29H,2,4,6-13,26-28H2,1,3H3/t29-/m0/s1. The summed E-state index contributed by atoms with van der Waals surface area (Å²) in [7, 11) is 0. The number of carbonyl (C=O) groups excluding carboxylic acids is 2. The van der Waals surface area contributed by atoms with Crippen LogP contribution >= 0.6 is 0 Å². The summed E-state index contributed by atoms with van der Waals surface area (Å²) in [6, 6.07) is 21.4. The summed E-state index contributed by atoms with van der Waals surface area (Å²) in [6.45, 7) is 9.46. The molecule has 0 fully saturated rings. The minimum absolute atomic E-state index is 0.346. The molecule has 0 aliphatic rings. The highest BCUT2D eigenvalue weighted by atomic mass is 16.5. The van der Waals surface area contributed by atoms with Crippen molar-refractivity contribution in [2.45, 2.75) is 71.6 Å². The Morgan fingerprint density at radius 2 is 1.18 bits per heavy atom. The Kier molecular flexibility index (Phi) is 15.9. The highest BCUT2D eigenvalue weighted by Crippen LogP contribution is 2.24. The van der Waals surface area contributed by atoms with Crippen molar-refractivity contribution in [1.29, 1.82) is 0 Å². The molecule has 0 saturated carbocycles. The normalized spacial score (nSPS) is 11.6. The first kappa shape index (κ1) is 35.0. The molecule has 0 spiro atoms. The average Bonchev–Trinajstić information content (AvgIpc) is 3.07. The Bertz CT molecular complexity index is 1320. The van der Waals surface area contributed by atoms with Gasteiger partial charge in [0.2, 0.25) is 0 Å². The maximum atomic E-state index is 12.5. The van der Waals surface area contributed by atoms with Crippen LogP contribution in [0.15, 0.2) is 95.7 Å². The van der Waals surface area contributed by atoms with Crippen LogP contribution in [0.5, 0.6) is 17.2 Å². The van der Waals surface area contributed by atoms with Crippen molar-refractivity contribution in [3.63, 3.8) is 0 Å². The van der Waals surface area contributed by atoms with E-state index in [4.69, 9.17) is 18.9 Å². The second-order valence-electron chi connectivity index (χ2n) is 11.0. The lowest BCUT2D eigenvalue weighted by Gasteiger charge is -2.11. The lowest BCUT2D eigenvalue weighted by molar-refractivity contribution is -0.137. The van der Waals surface area contributed by atoms with Gasteiger partial charge >= 0.3 is 11.9 Å². The molecule has 240 valence electrons. The number of hydrogen-bond acceptors (Lipinski definition) is 8. The molecule has 0 heterocycles. The Balaban J connectivity index is 1.29. The van der Waals surface area contributed by atoms with E-state index in [9.17, 15) is 9.59 Å². The topological polar surface area (TPSA) is 95.8 Å². The molecule has 1 atom stereocenters. The van der Waals surface area contributed by atoms with E-state index in [0.29, 0.717) is 48.4 Å². The Morgan fingerprint density at radius 1 is 0.689 bits per heavy atom. The van der Waals surface area contributed by atoms with Gasteiger partial charge in [0.15, 0.2) is 0 Å². The highest BCUT2D eigenvalue weighted by Gasteiger charge is 2.09. The molecular formula is C37H46N2O6. The van der Waals surface area contributed by atoms with Crippen LogP contribution in [0.2, 0.25) is 0 Å². The molecule has 0 saturated heterocycles. The summed E-state index contributed by atoms with van der Waals surface area (Å²) in [5.41, 5.74) is 1.81. The van der Waals surface area contributed by atoms with Gasteiger partial charge in [0.05, 0.1) is 36.8 Å². The van der Waals surface area contributed by atoms with Crippen molar-refractivity contribution in [2.24, 2.45) is 16.1 Å². The first-order valence-corrected chi connectivity index (χ1v) is 16.0. The van der Waals surface area contributed by atoms with Crippen LogP contribution in [0, 0.1) is 5.92 Å². The molecule has 0 aliphatic carbocycles. The Hall–Kier alpha value is -4.46. The van der Waals surface area contributed by atoms with E-state index in [1.54, 1.807) is 48.5 Å². The van der Waals surface area contributed by atoms with E-state index >= 15 is 0 Å². The highest BCUT2D eigenvalue weighted by molar-refractivity contribution is 5.91. The number of azo groups is 1. The molecule has 45 heavy (non-hydrogen) atoms. The van der Waals surface area contributed by atoms with E-state index in [0.717, 1.165) is 50.0 Å². The fourth-order valence-electron chi connectivity index (χ4n) is 4.20. The monoisotopic (exact) mass is 614 g/mol. The molecule has 0 aromatic heterocycles. The van der Waals surface area contributed by atoms with Crippen molar-refractivity contribution >= 4 is 23.3 Å². The van der Waals surface area contributed by atoms with Gasteiger partial charge in [0, 0.05) is 6.08 Å². The number of unbranched alkanes of at least 4 members (excludes halogenated alkanes) is 7. The van der Waals surface area contributed by atoms with Crippen molar-refractivity contribution in [3.8, 4) is 17.2 Å². The van der Waals surface area contributed by atoms with Gasteiger partial charge in [-0.1, -0.05) is 65.4 Å². The minimum Gasteiger partial charge on any atom is -0.494 e. The minimum atomic E-state index is -0.436.